The summed E-state index contributed by atoms with van der Waals surface area (Å²) < 4.78 is 0. The van der Waals surface area contributed by atoms with Gasteiger partial charge in [-0.05, 0) is 13.3 Å². The van der Waals surface area contributed by atoms with Gasteiger partial charge in [0.2, 0.25) is 0 Å². The predicted octanol–water partition coefficient (Wildman–Crippen LogP) is 1.83. The third kappa shape index (κ3) is 3.88. The van der Waals surface area contributed by atoms with Crippen molar-refractivity contribution in [3.05, 3.63) is 36.0 Å². The normalized spacial score (nSPS) is 12.6. The lowest BCUT2D eigenvalue weighted by molar-refractivity contribution is 0.191. The summed E-state index contributed by atoms with van der Waals surface area (Å²) in [6.07, 6.45) is 0.643. The van der Waals surface area contributed by atoms with E-state index in [-0.39, 0.29) is 6.10 Å². The molecule has 108 valence electrons. The lowest BCUT2D eigenvalue weighted by Gasteiger charge is -2.05. The van der Waals surface area contributed by atoms with Crippen LogP contribution in [0.3, 0.4) is 0 Å². The van der Waals surface area contributed by atoms with Crippen molar-refractivity contribution in [2.45, 2.75) is 39.5 Å². The molecule has 0 aliphatic rings. The summed E-state index contributed by atoms with van der Waals surface area (Å²) in [6, 6.07) is 10.1. The molecule has 0 spiro atoms. The highest BCUT2D eigenvalue weighted by Gasteiger charge is 2.12. The number of aromatic nitrogens is 3. The number of nitrogens with one attached hydrogen (secondary N) is 1. The number of rotatable bonds is 7. The first-order chi connectivity index (χ1) is 9.70. The number of aliphatic hydroxyl groups excluding tert-OH is 1. The molecule has 0 unspecified atom stereocenters. The Balaban J connectivity index is 2.19. The minimum Gasteiger partial charge on any atom is -0.392 e. The van der Waals surface area contributed by atoms with E-state index in [9.17, 15) is 5.11 Å². The Morgan fingerprint density at radius 1 is 1.25 bits per heavy atom. The number of hydrogen-bond donors (Lipinski definition) is 2. The molecule has 2 rings (SSSR count). The van der Waals surface area contributed by atoms with Crippen LogP contribution >= 0.6 is 0 Å². The second kappa shape index (κ2) is 7.17. The van der Waals surface area contributed by atoms with E-state index in [1.807, 2.05) is 30.3 Å². The minimum absolute atomic E-state index is 0.360. The van der Waals surface area contributed by atoms with Crippen LogP contribution in [-0.2, 0) is 13.1 Å². The number of aliphatic hydroxyl groups is 1. The summed E-state index contributed by atoms with van der Waals surface area (Å²) in [5.74, 6) is 0. The van der Waals surface area contributed by atoms with Crippen molar-refractivity contribution in [1.82, 2.24) is 20.3 Å². The summed E-state index contributed by atoms with van der Waals surface area (Å²) >= 11 is 0. The first kappa shape index (κ1) is 14.7. The van der Waals surface area contributed by atoms with Crippen molar-refractivity contribution < 1.29 is 5.11 Å². The van der Waals surface area contributed by atoms with Gasteiger partial charge in [0.25, 0.3) is 0 Å². The topological polar surface area (TPSA) is 63.0 Å². The molecule has 2 aromatic rings. The Hall–Kier alpha value is -1.72. The lowest BCUT2D eigenvalue weighted by atomic mass is 10.1. The highest BCUT2D eigenvalue weighted by atomic mass is 16.3. The third-order valence-corrected chi connectivity index (χ3v) is 2.93. The third-order valence-electron chi connectivity index (χ3n) is 2.93. The van der Waals surface area contributed by atoms with E-state index in [0.29, 0.717) is 13.1 Å². The molecule has 1 aromatic carbocycles. The molecule has 1 heterocycles. The van der Waals surface area contributed by atoms with E-state index >= 15 is 0 Å². The quantitative estimate of drug-likeness (QED) is 0.808. The summed E-state index contributed by atoms with van der Waals surface area (Å²) in [7, 11) is 0. The molecule has 2 N–H and O–H groups in total. The van der Waals surface area contributed by atoms with Crippen LogP contribution < -0.4 is 5.32 Å². The minimum atomic E-state index is -0.360. The molecule has 0 bridgehead atoms. The zero-order valence-electron chi connectivity index (χ0n) is 12.1. The maximum Gasteiger partial charge on any atom is 0.117 e. The standard InChI is InChI=1S/C15H22N4O/c1-3-9-19-17-14(11-16-10-12(2)20)15(18-19)13-7-5-4-6-8-13/h4-8,12,16,20H,3,9-11H2,1-2H3/t12-/m1/s1. The van der Waals surface area contributed by atoms with Gasteiger partial charge in [-0.2, -0.15) is 15.0 Å². The van der Waals surface area contributed by atoms with Gasteiger partial charge in [0.1, 0.15) is 11.4 Å². The van der Waals surface area contributed by atoms with Gasteiger partial charge in [-0.25, -0.2) is 0 Å². The fraction of sp³-hybridized carbons (Fsp3) is 0.467. The molecule has 0 saturated carbocycles. The zero-order chi connectivity index (χ0) is 14.4. The fourth-order valence-electron chi connectivity index (χ4n) is 2.02. The Kier molecular flexibility index (Phi) is 5.26. The van der Waals surface area contributed by atoms with Crippen LogP contribution in [0, 0.1) is 0 Å². The monoisotopic (exact) mass is 274 g/mol. The predicted molar refractivity (Wildman–Crippen MR) is 79.1 cm³/mol. The molecule has 5 nitrogen and oxygen atoms in total. The Morgan fingerprint density at radius 3 is 2.65 bits per heavy atom. The van der Waals surface area contributed by atoms with Crippen LogP contribution in [-0.4, -0.2) is 32.7 Å². The summed E-state index contributed by atoms with van der Waals surface area (Å²) in [5, 5.41) is 21.6. The van der Waals surface area contributed by atoms with Crippen molar-refractivity contribution in [2.24, 2.45) is 0 Å². The average molecular weight is 274 g/mol. The summed E-state index contributed by atoms with van der Waals surface area (Å²) in [5.41, 5.74) is 2.91. The molecule has 0 aliphatic heterocycles. The summed E-state index contributed by atoms with van der Waals surface area (Å²) in [6.45, 7) is 5.85. The number of nitrogens with zero attached hydrogens (tertiary/aromatic N) is 3. The maximum absolute atomic E-state index is 9.30. The van der Waals surface area contributed by atoms with E-state index in [0.717, 1.165) is 29.9 Å². The van der Waals surface area contributed by atoms with Crippen LogP contribution in [0.15, 0.2) is 30.3 Å². The smallest absolute Gasteiger partial charge is 0.117 e. The Bertz CT molecular complexity index is 522. The van der Waals surface area contributed by atoms with Gasteiger partial charge in [0.15, 0.2) is 0 Å². The SMILES string of the molecule is CCCn1nc(CNC[C@@H](C)O)c(-c2ccccc2)n1. The van der Waals surface area contributed by atoms with Crippen molar-refractivity contribution in [3.63, 3.8) is 0 Å². The van der Waals surface area contributed by atoms with Crippen molar-refractivity contribution in [1.29, 1.82) is 0 Å². The van der Waals surface area contributed by atoms with Crippen LogP contribution in [0.5, 0.6) is 0 Å². The molecule has 5 heteroatoms. The van der Waals surface area contributed by atoms with E-state index < -0.39 is 0 Å². The Morgan fingerprint density at radius 2 is 2.00 bits per heavy atom. The number of hydrogen-bond acceptors (Lipinski definition) is 4. The van der Waals surface area contributed by atoms with Crippen LogP contribution in [0.1, 0.15) is 26.0 Å². The average Bonchev–Trinajstić information content (AvgIpc) is 2.83. The highest BCUT2D eigenvalue weighted by Crippen LogP contribution is 2.19. The molecule has 0 saturated heterocycles. The maximum atomic E-state index is 9.30. The Labute approximate surface area is 119 Å². The molecule has 20 heavy (non-hydrogen) atoms. The van der Waals surface area contributed by atoms with Crippen molar-refractivity contribution in [2.75, 3.05) is 6.54 Å². The second-order valence-corrected chi connectivity index (χ2v) is 4.94. The number of aryl methyl sites for hydroxylation is 1. The largest absolute Gasteiger partial charge is 0.392 e. The van der Waals surface area contributed by atoms with Gasteiger partial charge in [-0.1, -0.05) is 37.3 Å². The molecule has 1 aromatic heterocycles. The van der Waals surface area contributed by atoms with E-state index in [2.05, 4.69) is 22.4 Å². The molecule has 0 aliphatic carbocycles. The van der Waals surface area contributed by atoms with E-state index in [1.165, 1.54) is 0 Å². The van der Waals surface area contributed by atoms with Crippen molar-refractivity contribution in [3.8, 4) is 11.3 Å². The van der Waals surface area contributed by atoms with E-state index in [1.54, 1.807) is 11.7 Å². The van der Waals surface area contributed by atoms with Gasteiger partial charge in [0, 0.05) is 18.7 Å². The van der Waals surface area contributed by atoms with Crippen LogP contribution in [0.2, 0.25) is 0 Å². The van der Waals surface area contributed by atoms with Gasteiger partial charge < -0.3 is 10.4 Å². The highest BCUT2D eigenvalue weighted by molar-refractivity contribution is 5.60. The first-order valence-electron chi connectivity index (χ1n) is 7.09. The summed E-state index contributed by atoms with van der Waals surface area (Å²) in [4.78, 5) is 1.75. The molecular weight excluding hydrogens is 252 g/mol. The van der Waals surface area contributed by atoms with Gasteiger partial charge in [0.05, 0.1) is 12.6 Å². The molecule has 0 fully saturated rings. The second-order valence-electron chi connectivity index (χ2n) is 4.94. The molecular formula is C15H22N4O. The van der Waals surface area contributed by atoms with Crippen LogP contribution in [0.4, 0.5) is 0 Å². The van der Waals surface area contributed by atoms with Gasteiger partial charge in [-0.3, -0.25) is 0 Å². The van der Waals surface area contributed by atoms with Gasteiger partial charge >= 0.3 is 0 Å². The fourth-order valence-corrected chi connectivity index (χ4v) is 2.02. The van der Waals surface area contributed by atoms with Gasteiger partial charge in [-0.15, -0.1) is 0 Å². The first-order valence-corrected chi connectivity index (χ1v) is 7.09. The molecule has 0 amide bonds. The molecule has 0 radical (unpaired) electrons. The lowest BCUT2D eigenvalue weighted by Crippen LogP contribution is -2.24. The number of benzene rings is 1. The van der Waals surface area contributed by atoms with Crippen LogP contribution in [0.25, 0.3) is 11.3 Å². The van der Waals surface area contributed by atoms with E-state index in [4.69, 9.17) is 0 Å². The van der Waals surface area contributed by atoms with Crippen molar-refractivity contribution >= 4 is 0 Å². The zero-order valence-corrected chi connectivity index (χ0v) is 12.1. The molecule has 1 atom stereocenters.